The number of hydrogen-bond donors (Lipinski definition) is 2. The zero-order valence-electron chi connectivity index (χ0n) is 10.2. The van der Waals surface area contributed by atoms with Crippen molar-refractivity contribution < 1.29 is 4.92 Å². The highest BCUT2D eigenvalue weighted by atomic mass is 16.6. The molecule has 98 valence electrons. The van der Waals surface area contributed by atoms with Crippen molar-refractivity contribution in [2.75, 3.05) is 11.9 Å². The Kier molecular flexibility index (Phi) is 4.04. The maximum atomic E-state index is 10.5. The van der Waals surface area contributed by atoms with Gasteiger partial charge >= 0.3 is 0 Å². The molecular weight excluding hydrogens is 244 g/mol. The fourth-order valence-corrected chi connectivity index (χ4v) is 1.63. The molecular formula is C13H14N4O2. The molecule has 0 fully saturated rings. The molecule has 2 rings (SSSR count). The topological polar surface area (TPSA) is 94.1 Å². The Morgan fingerprint density at radius 2 is 2.00 bits per heavy atom. The van der Waals surface area contributed by atoms with E-state index in [1.807, 2.05) is 30.3 Å². The lowest BCUT2D eigenvalue weighted by atomic mass is 10.1. The molecule has 1 aromatic carbocycles. The molecule has 0 aliphatic carbocycles. The first kappa shape index (κ1) is 13.0. The van der Waals surface area contributed by atoms with Crippen molar-refractivity contribution in [3.05, 3.63) is 64.3 Å². The van der Waals surface area contributed by atoms with Crippen LogP contribution in [0.15, 0.2) is 48.7 Å². The molecule has 6 nitrogen and oxygen atoms in total. The number of nitrogens with one attached hydrogen (secondary N) is 1. The average molecular weight is 258 g/mol. The van der Waals surface area contributed by atoms with Crippen molar-refractivity contribution in [3.8, 4) is 0 Å². The third-order valence-electron chi connectivity index (χ3n) is 2.69. The Balaban J connectivity index is 1.93. The second kappa shape index (κ2) is 5.92. The molecule has 19 heavy (non-hydrogen) atoms. The SMILES string of the molecule is NC(CNc1ccc([N+](=O)[O-])cn1)c1ccccc1. The molecule has 1 atom stereocenters. The van der Waals surface area contributed by atoms with Gasteiger partial charge in [-0.05, 0) is 11.6 Å². The summed E-state index contributed by atoms with van der Waals surface area (Å²) in [5.41, 5.74) is 7.02. The lowest BCUT2D eigenvalue weighted by molar-refractivity contribution is -0.385. The van der Waals surface area contributed by atoms with Crippen LogP contribution in [0.1, 0.15) is 11.6 Å². The van der Waals surface area contributed by atoms with Gasteiger partial charge in [0.15, 0.2) is 0 Å². The van der Waals surface area contributed by atoms with E-state index < -0.39 is 4.92 Å². The Morgan fingerprint density at radius 1 is 1.26 bits per heavy atom. The van der Waals surface area contributed by atoms with Gasteiger partial charge in [-0.25, -0.2) is 4.98 Å². The highest BCUT2D eigenvalue weighted by Gasteiger charge is 2.07. The summed E-state index contributed by atoms with van der Waals surface area (Å²) in [6.07, 6.45) is 1.22. The van der Waals surface area contributed by atoms with Crippen LogP contribution in [0.2, 0.25) is 0 Å². The van der Waals surface area contributed by atoms with Crippen LogP contribution in [0.4, 0.5) is 11.5 Å². The number of rotatable bonds is 5. The molecule has 0 saturated heterocycles. The second-order valence-corrected chi connectivity index (χ2v) is 4.06. The smallest absolute Gasteiger partial charge is 0.287 e. The van der Waals surface area contributed by atoms with Gasteiger partial charge in [-0.2, -0.15) is 0 Å². The van der Waals surface area contributed by atoms with Crippen LogP contribution in [0.3, 0.4) is 0 Å². The summed E-state index contributed by atoms with van der Waals surface area (Å²) in [4.78, 5) is 14.0. The van der Waals surface area contributed by atoms with E-state index >= 15 is 0 Å². The van der Waals surface area contributed by atoms with Crippen molar-refractivity contribution in [3.63, 3.8) is 0 Å². The minimum atomic E-state index is -0.480. The lowest BCUT2D eigenvalue weighted by Gasteiger charge is -2.13. The van der Waals surface area contributed by atoms with E-state index in [9.17, 15) is 10.1 Å². The number of nitro groups is 1. The number of nitrogens with zero attached hydrogens (tertiary/aromatic N) is 2. The minimum Gasteiger partial charge on any atom is -0.368 e. The standard InChI is InChI=1S/C13H14N4O2/c14-12(10-4-2-1-3-5-10)9-16-13-7-6-11(8-15-13)17(18)19/h1-8,12H,9,14H2,(H,15,16). The summed E-state index contributed by atoms with van der Waals surface area (Å²) < 4.78 is 0. The quantitative estimate of drug-likeness (QED) is 0.632. The molecule has 1 aromatic heterocycles. The Labute approximate surface area is 110 Å². The van der Waals surface area contributed by atoms with E-state index in [0.717, 1.165) is 5.56 Å². The Morgan fingerprint density at radius 3 is 2.58 bits per heavy atom. The zero-order chi connectivity index (χ0) is 13.7. The summed E-state index contributed by atoms with van der Waals surface area (Å²) >= 11 is 0. The van der Waals surface area contributed by atoms with Crippen molar-refractivity contribution in [1.82, 2.24) is 4.98 Å². The van der Waals surface area contributed by atoms with Crippen LogP contribution in [0, 0.1) is 10.1 Å². The van der Waals surface area contributed by atoms with Gasteiger partial charge in [-0.1, -0.05) is 30.3 Å². The molecule has 1 heterocycles. The van der Waals surface area contributed by atoms with Crippen molar-refractivity contribution in [2.45, 2.75) is 6.04 Å². The molecule has 0 aliphatic rings. The van der Waals surface area contributed by atoms with Gasteiger partial charge in [0, 0.05) is 18.7 Å². The van der Waals surface area contributed by atoms with Gasteiger partial charge in [0.05, 0.1) is 4.92 Å². The van der Waals surface area contributed by atoms with Crippen LogP contribution in [-0.4, -0.2) is 16.5 Å². The first-order chi connectivity index (χ1) is 9.16. The van der Waals surface area contributed by atoms with Crippen LogP contribution in [0.25, 0.3) is 0 Å². The number of nitrogens with two attached hydrogens (primary N) is 1. The normalized spacial score (nSPS) is 11.8. The minimum absolute atomic E-state index is 0.0297. The van der Waals surface area contributed by atoms with E-state index in [0.29, 0.717) is 12.4 Å². The summed E-state index contributed by atoms with van der Waals surface area (Å²) in [5.74, 6) is 0.567. The molecule has 0 amide bonds. The molecule has 0 spiro atoms. The predicted octanol–water partition coefficient (Wildman–Crippen LogP) is 2.10. The van der Waals surface area contributed by atoms with Crippen LogP contribution in [0.5, 0.6) is 0 Å². The van der Waals surface area contributed by atoms with Gasteiger partial charge < -0.3 is 11.1 Å². The molecule has 6 heteroatoms. The fourth-order valence-electron chi connectivity index (χ4n) is 1.63. The number of anilines is 1. The van der Waals surface area contributed by atoms with Crippen molar-refractivity contribution >= 4 is 11.5 Å². The van der Waals surface area contributed by atoms with Gasteiger partial charge in [-0.15, -0.1) is 0 Å². The van der Waals surface area contributed by atoms with E-state index in [4.69, 9.17) is 5.73 Å². The summed E-state index contributed by atoms with van der Waals surface area (Å²) in [7, 11) is 0. The highest BCUT2D eigenvalue weighted by Crippen LogP contribution is 2.14. The van der Waals surface area contributed by atoms with Gasteiger partial charge in [0.2, 0.25) is 0 Å². The van der Waals surface area contributed by atoms with Gasteiger partial charge in [-0.3, -0.25) is 10.1 Å². The second-order valence-electron chi connectivity index (χ2n) is 4.06. The van der Waals surface area contributed by atoms with E-state index in [-0.39, 0.29) is 11.7 Å². The monoisotopic (exact) mass is 258 g/mol. The number of pyridine rings is 1. The van der Waals surface area contributed by atoms with Crippen molar-refractivity contribution in [2.24, 2.45) is 5.73 Å². The van der Waals surface area contributed by atoms with Gasteiger partial charge in [0.25, 0.3) is 5.69 Å². The number of benzene rings is 1. The van der Waals surface area contributed by atoms with E-state index in [1.165, 1.54) is 12.3 Å². The van der Waals surface area contributed by atoms with E-state index in [1.54, 1.807) is 6.07 Å². The Bertz CT molecular complexity index is 542. The fraction of sp³-hybridized carbons (Fsp3) is 0.154. The van der Waals surface area contributed by atoms with Crippen molar-refractivity contribution in [1.29, 1.82) is 0 Å². The molecule has 0 radical (unpaired) electrons. The van der Waals surface area contributed by atoms with Gasteiger partial charge in [0.1, 0.15) is 12.0 Å². The van der Waals surface area contributed by atoms with Crippen LogP contribution in [-0.2, 0) is 0 Å². The molecule has 2 aromatic rings. The zero-order valence-corrected chi connectivity index (χ0v) is 10.2. The summed E-state index contributed by atoms with van der Waals surface area (Å²) in [6.45, 7) is 0.509. The third-order valence-corrected chi connectivity index (χ3v) is 2.69. The molecule has 0 aliphatic heterocycles. The lowest BCUT2D eigenvalue weighted by Crippen LogP contribution is -2.20. The summed E-state index contributed by atoms with van der Waals surface area (Å²) in [5, 5.41) is 13.5. The van der Waals surface area contributed by atoms with Crippen LogP contribution >= 0.6 is 0 Å². The van der Waals surface area contributed by atoms with E-state index in [2.05, 4.69) is 10.3 Å². The summed E-state index contributed by atoms with van der Waals surface area (Å²) in [6, 6.07) is 12.5. The third kappa shape index (κ3) is 3.49. The molecule has 0 saturated carbocycles. The predicted molar refractivity (Wildman–Crippen MR) is 72.8 cm³/mol. The Hall–Kier alpha value is -2.47. The highest BCUT2D eigenvalue weighted by molar-refractivity contribution is 5.40. The molecule has 0 bridgehead atoms. The number of hydrogen-bond acceptors (Lipinski definition) is 5. The maximum absolute atomic E-state index is 10.5. The molecule has 3 N–H and O–H groups in total. The number of aromatic nitrogens is 1. The maximum Gasteiger partial charge on any atom is 0.287 e. The first-order valence-electron chi connectivity index (χ1n) is 5.81. The van der Waals surface area contributed by atoms with Crippen LogP contribution < -0.4 is 11.1 Å². The largest absolute Gasteiger partial charge is 0.368 e. The average Bonchev–Trinajstić information content (AvgIpc) is 2.46. The molecule has 1 unspecified atom stereocenters. The first-order valence-corrected chi connectivity index (χ1v) is 5.81.